The third-order valence-corrected chi connectivity index (χ3v) is 3.07. The van der Waals surface area contributed by atoms with Gasteiger partial charge in [-0.15, -0.1) is 0 Å². The van der Waals surface area contributed by atoms with E-state index in [-0.39, 0.29) is 5.91 Å². The molecule has 1 aromatic carbocycles. The predicted molar refractivity (Wildman–Crippen MR) is 70.7 cm³/mol. The molecule has 0 spiro atoms. The van der Waals surface area contributed by atoms with Crippen LogP contribution in [0.2, 0.25) is 5.02 Å². The number of ether oxygens (including phenoxy) is 1. The lowest BCUT2D eigenvalue weighted by atomic mass is 10.2. The van der Waals surface area contributed by atoms with E-state index >= 15 is 0 Å². The van der Waals surface area contributed by atoms with Crippen molar-refractivity contribution in [3.05, 3.63) is 47.5 Å². The Morgan fingerprint density at radius 1 is 1.37 bits per heavy atom. The van der Waals surface area contributed by atoms with Crippen LogP contribution in [0.5, 0.6) is 5.75 Å². The molecular formula is C13H10ClN3O2. The molecule has 0 aliphatic carbocycles. The van der Waals surface area contributed by atoms with Crippen molar-refractivity contribution in [3.63, 3.8) is 0 Å². The molecule has 0 fully saturated rings. The van der Waals surface area contributed by atoms with Gasteiger partial charge in [0.05, 0.1) is 12.2 Å². The Morgan fingerprint density at radius 2 is 2.26 bits per heavy atom. The molecule has 2 heterocycles. The Bertz CT molecular complexity index is 619. The summed E-state index contributed by atoms with van der Waals surface area (Å²) in [5.41, 5.74) is 1.02. The van der Waals surface area contributed by atoms with Crippen LogP contribution in [-0.2, 0) is 0 Å². The normalized spacial score (nSPS) is 13.6. The summed E-state index contributed by atoms with van der Waals surface area (Å²) in [4.78, 5) is 21.8. The molecule has 0 N–H and O–H groups in total. The van der Waals surface area contributed by atoms with Gasteiger partial charge in [-0.05, 0) is 24.3 Å². The van der Waals surface area contributed by atoms with Crippen molar-refractivity contribution in [1.82, 2.24) is 9.97 Å². The molecule has 0 bridgehead atoms. The molecule has 96 valence electrons. The first-order valence-corrected chi connectivity index (χ1v) is 6.14. The number of nitrogens with zero attached hydrogens (tertiary/aromatic N) is 3. The van der Waals surface area contributed by atoms with Crippen molar-refractivity contribution >= 4 is 23.2 Å². The van der Waals surface area contributed by atoms with Gasteiger partial charge in [0.1, 0.15) is 24.4 Å². The van der Waals surface area contributed by atoms with Gasteiger partial charge in [0.2, 0.25) is 0 Å². The van der Waals surface area contributed by atoms with Crippen LogP contribution in [0.4, 0.5) is 5.69 Å². The lowest BCUT2D eigenvalue weighted by Crippen LogP contribution is -2.38. The van der Waals surface area contributed by atoms with Gasteiger partial charge in [0, 0.05) is 11.2 Å². The number of aromatic nitrogens is 2. The van der Waals surface area contributed by atoms with E-state index in [0.29, 0.717) is 35.3 Å². The number of hydrogen-bond acceptors (Lipinski definition) is 4. The number of carbonyl (C=O) groups is 1. The van der Waals surface area contributed by atoms with Crippen molar-refractivity contribution in [2.24, 2.45) is 0 Å². The molecule has 5 nitrogen and oxygen atoms in total. The standard InChI is InChI=1S/C13H10ClN3O2/c14-9-1-2-12-11(7-9)17(5-6-19-12)13(18)10-3-4-15-8-16-10/h1-4,7-8H,5-6H2. The van der Waals surface area contributed by atoms with E-state index in [4.69, 9.17) is 16.3 Å². The first kappa shape index (κ1) is 11.9. The van der Waals surface area contributed by atoms with Crippen molar-refractivity contribution < 1.29 is 9.53 Å². The fraction of sp³-hybridized carbons (Fsp3) is 0.154. The van der Waals surface area contributed by atoms with Crippen LogP contribution in [0.25, 0.3) is 0 Å². The zero-order chi connectivity index (χ0) is 13.2. The van der Waals surface area contributed by atoms with Crippen LogP contribution < -0.4 is 9.64 Å². The molecule has 0 saturated heterocycles. The summed E-state index contributed by atoms with van der Waals surface area (Å²) in [6, 6.07) is 6.80. The van der Waals surface area contributed by atoms with Crippen LogP contribution >= 0.6 is 11.6 Å². The Morgan fingerprint density at radius 3 is 3.05 bits per heavy atom. The highest BCUT2D eigenvalue weighted by Crippen LogP contribution is 2.34. The molecular weight excluding hydrogens is 266 g/mol. The molecule has 1 aliphatic rings. The van der Waals surface area contributed by atoms with Gasteiger partial charge in [-0.1, -0.05) is 11.6 Å². The topological polar surface area (TPSA) is 55.3 Å². The summed E-state index contributed by atoms with van der Waals surface area (Å²) < 4.78 is 5.51. The highest BCUT2D eigenvalue weighted by atomic mass is 35.5. The maximum absolute atomic E-state index is 12.4. The molecule has 0 atom stereocenters. The maximum Gasteiger partial charge on any atom is 0.277 e. The van der Waals surface area contributed by atoms with Gasteiger partial charge in [-0.25, -0.2) is 9.97 Å². The monoisotopic (exact) mass is 275 g/mol. The molecule has 1 aliphatic heterocycles. The molecule has 1 amide bonds. The highest BCUT2D eigenvalue weighted by Gasteiger charge is 2.25. The third kappa shape index (κ3) is 2.24. The van der Waals surface area contributed by atoms with E-state index in [0.717, 1.165) is 0 Å². The van der Waals surface area contributed by atoms with Crippen molar-refractivity contribution in [2.75, 3.05) is 18.1 Å². The van der Waals surface area contributed by atoms with E-state index in [2.05, 4.69) is 9.97 Å². The van der Waals surface area contributed by atoms with Crippen LogP contribution in [-0.4, -0.2) is 29.0 Å². The summed E-state index contributed by atoms with van der Waals surface area (Å²) in [6.45, 7) is 0.918. The van der Waals surface area contributed by atoms with E-state index in [1.54, 1.807) is 35.4 Å². The molecule has 0 radical (unpaired) electrons. The quantitative estimate of drug-likeness (QED) is 0.800. The van der Waals surface area contributed by atoms with Crippen LogP contribution in [0.15, 0.2) is 36.8 Å². The van der Waals surface area contributed by atoms with Crippen molar-refractivity contribution in [2.45, 2.75) is 0 Å². The van der Waals surface area contributed by atoms with Gasteiger partial charge in [0.15, 0.2) is 0 Å². The second kappa shape index (κ2) is 4.85. The Labute approximate surface area is 114 Å². The smallest absolute Gasteiger partial charge is 0.277 e. The number of carbonyl (C=O) groups excluding carboxylic acids is 1. The van der Waals surface area contributed by atoms with E-state index < -0.39 is 0 Å². The summed E-state index contributed by atoms with van der Waals surface area (Å²) in [5, 5.41) is 0.560. The first-order chi connectivity index (χ1) is 9.25. The summed E-state index contributed by atoms with van der Waals surface area (Å²) in [6.07, 6.45) is 2.89. The minimum atomic E-state index is -0.186. The number of halogens is 1. The van der Waals surface area contributed by atoms with Gasteiger partial charge >= 0.3 is 0 Å². The number of anilines is 1. The molecule has 6 heteroatoms. The first-order valence-electron chi connectivity index (χ1n) is 5.76. The molecule has 3 rings (SSSR count). The predicted octanol–water partition coefficient (Wildman–Crippen LogP) is 2.17. The summed E-state index contributed by atoms with van der Waals surface area (Å²) >= 11 is 5.97. The molecule has 0 saturated carbocycles. The number of hydrogen-bond donors (Lipinski definition) is 0. The number of fused-ring (bicyclic) bond motifs is 1. The minimum Gasteiger partial charge on any atom is -0.490 e. The SMILES string of the molecule is O=C(c1ccncn1)N1CCOc2ccc(Cl)cc21. The Hall–Kier alpha value is -2.14. The Kier molecular flexibility index (Phi) is 3.05. The second-order valence-electron chi connectivity index (χ2n) is 4.01. The fourth-order valence-electron chi connectivity index (χ4n) is 1.96. The van der Waals surface area contributed by atoms with Gasteiger partial charge < -0.3 is 9.64 Å². The van der Waals surface area contributed by atoms with E-state index in [1.807, 2.05) is 0 Å². The second-order valence-corrected chi connectivity index (χ2v) is 4.45. The largest absolute Gasteiger partial charge is 0.490 e. The lowest BCUT2D eigenvalue weighted by molar-refractivity contribution is 0.0971. The zero-order valence-electron chi connectivity index (χ0n) is 9.91. The number of rotatable bonds is 1. The van der Waals surface area contributed by atoms with Crippen molar-refractivity contribution in [3.8, 4) is 5.75 Å². The van der Waals surface area contributed by atoms with E-state index in [1.165, 1.54) is 6.33 Å². The summed E-state index contributed by atoms with van der Waals surface area (Å²) in [7, 11) is 0. The van der Waals surface area contributed by atoms with Crippen LogP contribution in [0.3, 0.4) is 0 Å². The van der Waals surface area contributed by atoms with Gasteiger partial charge in [-0.3, -0.25) is 4.79 Å². The average molecular weight is 276 g/mol. The van der Waals surface area contributed by atoms with Crippen molar-refractivity contribution in [1.29, 1.82) is 0 Å². The molecule has 1 aromatic heterocycles. The van der Waals surface area contributed by atoms with Crippen LogP contribution in [0.1, 0.15) is 10.5 Å². The molecule has 0 unspecified atom stereocenters. The maximum atomic E-state index is 12.4. The summed E-state index contributed by atoms with van der Waals surface area (Å²) in [5.74, 6) is 0.465. The van der Waals surface area contributed by atoms with E-state index in [9.17, 15) is 4.79 Å². The number of amides is 1. The zero-order valence-corrected chi connectivity index (χ0v) is 10.7. The lowest BCUT2D eigenvalue weighted by Gasteiger charge is -2.29. The van der Waals surface area contributed by atoms with Gasteiger partial charge in [0.25, 0.3) is 5.91 Å². The number of benzene rings is 1. The Balaban J connectivity index is 2.00. The molecule has 19 heavy (non-hydrogen) atoms. The van der Waals surface area contributed by atoms with Gasteiger partial charge in [-0.2, -0.15) is 0 Å². The highest BCUT2D eigenvalue weighted by molar-refractivity contribution is 6.31. The van der Waals surface area contributed by atoms with Crippen LogP contribution in [0, 0.1) is 0 Å². The fourth-order valence-corrected chi connectivity index (χ4v) is 2.12. The minimum absolute atomic E-state index is 0.186. The molecule has 2 aromatic rings. The average Bonchev–Trinajstić information content (AvgIpc) is 2.47. The third-order valence-electron chi connectivity index (χ3n) is 2.83.